The SMILES string of the molecule is NC(=O)c1nc(Cl)ccc1-c1c(Br)cc(C(F)(C(F)(F)F)C(F)(F)F)cc1C(F)(F)F. The van der Waals surface area contributed by atoms with Gasteiger partial charge in [0.05, 0.1) is 5.56 Å². The molecule has 0 aliphatic rings. The van der Waals surface area contributed by atoms with Crippen molar-refractivity contribution in [2.24, 2.45) is 5.73 Å². The van der Waals surface area contributed by atoms with Crippen LogP contribution in [0.1, 0.15) is 21.6 Å². The molecule has 0 radical (unpaired) electrons. The van der Waals surface area contributed by atoms with E-state index in [1.165, 1.54) is 0 Å². The van der Waals surface area contributed by atoms with E-state index < -0.39 is 73.7 Å². The Balaban J connectivity index is 3.00. The number of aromatic nitrogens is 1. The second-order valence-electron chi connectivity index (χ2n) is 5.93. The van der Waals surface area contributed by atoms with Gasteiger partial charge in [-0.1, -0.05) is 27.5 Å². The lowest BCUT2D eigenvalue weighted by Gasteiger charge is -2.31. The summed E-state index contributed by atoms with van der Waals surface area (Å²) in [6.07, 6.45) is -18.9. The third-order valence-corrected chi connectivity index (χ3v) is 4.77. The quantitative estimate of drug-likeness (QED) is 0.349. The van der Waals surface area contributed by atoms with Crippen molar-refractivity contribution in [2.45, 2.75) is 24.2 Å². The molecule has 0 fully saturated rings. The first-order valence-electron chi connectivity index (χ1n) is 7.52. The minimum Gasteiger partial charge on any atom is -0.364 e. The largest absolute Gasteiger partial charge is 0.435 e. The minimum absolute atomic E-state index is 0.120. The van der Waals surface area contributed by atoms with Crippen LogP contribution >= 0.6 is 27.5 Å². The first-order chi connectivity index (χ1) is 13.8. The average molecular weight is 548 g/mol. The molecule has 0 atom stereocenters. The predicted molar refractivity (Wildman–Crippen MR) is 90.8 cm³/mol. The lowest BCUT2D eigenvalue weighted by molar-refractivity contribution is -0.348. The highest BCUT2D eigenvalue weighted by Crippen LogP contribution is 2.55. The van der Waals surface area contributed by atoms with Crippen LogP contribution in [0.2, 0.25) is 5.15 Å². The number of hydrogen-bond acceptors (Lipinski definition) is 2. The van der Waals surface area contributed by atoms with Gasteiger partial charge < -0.3 is 5.73 Å². The molecule has 0 spiro atoms. The first kappa shape index (κ1) is 25.2. The number of nitrogens with zero attached hydrogens (tertiary/aromatic N) is 1. The monoisotopic (exact) mass is 546 g/mol. The summed E-state index contributed by atoms with van der Waals surface area (Å²) < 4.78 is 132. The molecule has 1 heterocycles. The fraction of sp³-hybridized carbons (Fsp3) is 0.250. The van der Waals surface area contributed by atoms with E-state index in [9.17, 15) is 48.7 Å². The van der Waals surface area contributed by atoms with Crippen LogP contribution in [-0.2, 0) is 11.8 Å². The molecule has 0 aliphatic heterocycles. The fourth-order valence-electron chi connectivity index (χ4n) is 2.62. The van der Waals surface area contributed by atoms with E-state index in [0.717, 1.165) is 12.1 Å². The molecule has 0 aliphatic carbocycles. The number of primary amides is 1. The van der Waals surface area contributed by atoms with Gasteiger partial charge in [-0.25, -0.2) is 9.37 Å². The van der Waals surface area contributed by atoms with Gasteiger partial charge in [0.1, 0.15) is 10.8 Å². The Morgan fingerprint density at radius 2 is 1.45 bits per heavy atom. The molecule has 0 saturated carbocycles. The topological polar surface area (TPSA) is 56.0 Å². The van der Waals surface area contributed by atoms with Crippen LogP contribution in [0.4, 0.5) is 43.9 Å². The van der Waals surface area contributed by atoms with Crippen molar-refractivity contribution in [2.75, 3.05) is 0 Å². The lowest BCUT2D eigenvalue weighted by Crippen LogP contribution is -2.50. The predicted octanol–water partition coefficient (Wildman–Crippen LogP) is 6.57. The van der Waals surface area contributed by atoms with Gasteiger partial charge in [-0.05, 0) is 24.3 Å². The number of pyridine rings is 1. The summed E-state index contributed by atoms with van der Waals surface area (Å²) in [5, 5.41) is -0.393. The smallest absolute Gasteiger partial charge is 0.364 e. The number of hydrogen-bond donors (Lipinski definition) is 1. The van der Waals surface area contributed by atoms with Crippen LogP contribution in [0, 0.1) is 0 Å². The molecule has 2 rings (SSSR count). The van der Waals surface area contributed by atoms with Crippen LogP contribution in [-0.4, -0.2) is 23.2 Å². The van der Waals surface area contributed by atoms with Gasteiger partial charge in [-0.3, -0.25) is 4.79 Å². The van der Waals surface area contributed by atoms with E-state index in [4.69, 9.17) is 17.3 Å². The van der Waals surface area contributed by atoms with Crippen molar-refractivity contribution >= 4 is 33.4 Å². The lowest BCUT2D eigenvalue weighted by atomic mass is 9.88. The molecular formula is C16H6BrClF10N2O. The Morgan fingerprint density at radius 1 is 0.935 bits per heavy atom. The van der Waals surface area contributed by atoms with Crippen LogP contribution in [0.15, 0.2) is 28.7 Å². The highest BCUT2D eigenvalue weighted by Gasteiger charge is 2.73. The number of carbonyl (C=O) groups is 1. The maximum Gasteiger partial charge on any atom is 0.435 e. The number of benzene rings is 1. The van der Waals surface area contributed by atoms with Gasteiger partial charge in [-0.15, -0.1) is 0 Å². The van der Waals surface area contributed by atoms with Gasteiger partial charge in [0, 0.05) is 21.2 Å². The fourth-order valence-corrected chi connectivity index (χ4v) is 3.44. The molecule has 2 aromatic rings. The Kier molecular flexibility index (Phi) is 6.33. The van der Waals surface area contributed by atoms with Crippen molar-refractivity contribution < 1.29 is 48.7 Å². The van der Waals surface area contributed by atoms with E-state index in [1.807, 2.05) is 0 Å². The molecule has 0 bridgehead atoms. The summed E-state index contributed by atoms with van der Waals surface area (Å²) in [6.45, 7) is 0. The zero-order valence-electron chi connectivity index (χ0n) is 14.3. The van der Waals surface area contributed by atoms with E-state index in [-0.39, 0.29) is 6.07 Å². The Morgan fingerprint density at radius 3 is 1.87 bits per heavy atom. The van der Waals surface area contributed by atoms with Crippen molar-refractivity contribution in [1.82, 2.24) is 4.98 Å². The van der Waals surface area contributed by atoms with Crippen molar-refractivity contribution in [3.05, 3.63) is 50.7 Å². The third kappa shape index (κ3) is 4.45. The number of alkyl halides is 10. The second-order valence-corrected chi connectivity index (χ2v) is 7.17. The summed E-state index contributed by atoms with van der Waals surface area (Å²) in [5.41, 5.74) is -8.25. The molecule has 15 heteroatoms. The first-order valence-corrected chi connectivity index (χ1v) is 8.69. The average Bonchev–Trinajstić information content (AvgIpc) is 2.57. The van der Waals surface area contributed by atoms with Gasteiger partial charge in [0.25, 0.3) is 5.91 Å². The molecule has 1 aromatic carbocycles. The van der Waals surface area contributed by atoms with E-state index in [0.29, 0.717) is 0 Å². The number of carbonyl (C=O) groups excluding carboxylic acids is 1. The molecule has 0 unspecified atom stereocenters. The third-order valence-electron chi connectivity index (χ3n) is 3.94. The summed E-state index contributed by atoms with van der Waals surface area (Å²) >= 11 is 7.99. The van der Waals surface area contributed by atoms with Crippen LogP contribution < -0.4 is 5.73 Å². The van der Waals surface area contributed by atoms with Crippen LogP contribution in [0.25, 0.3) is 11.1 Å². The molecule has 2 N–H and O–H groups in total. The zero-order valence-corrected chi connectivity index (χ0v) is 16.6. The molecular weight excluding hydrogens is 542 g/mol. The maximum atomic E-state index is 14.3. The van der Waals surface area contributed by atoms with Gasteiger partial charge >= 0.3 is 24.2 Å². The van der Waals surface area contributed by atoms with E-state index >= 15 is 0 Å². The van der Waals surface area contributed by atoms with Crippen LogP contribution in [0.5, 0.6) is 0 Å². The Bertz CT molecular complexity index is 1020. The molecule has 1 aromatic heterocycles. The summed E-state index contributed by atoms with van der Waals surface area (Å²) in [4.78, 5) is 15.0. The number of amides is 1. The van der Waals surface area contributed by atoms with Crippen molar-refractivity contribution in [3.63, 3.8) is 0 Å². The highest BCUT2D eigenvalue weighted by atomic mass is 79.9. The van der Waals surface area contributed by atoms with E-state index in [1.54, 1.807) is 0 Å². The standard InChI is InChI=1S/C16H6BrClF10N2O/c17-8-4-5(13(19,15(23,24)25)16(26,27)28)3-7(14(20,21)22)10(8)6-1-2-9(18)30-11(6)12(29)31/h1-4H,(H2,29,31). The number of halogens is 12. The van der Waals surface area contributed by atoms with Gasteiger partial charge in [0.2, 0.25) is 0 Å². The number of nitrogens with two attached hydrogens (primary N) is 1. The minimum atomic E-state index is -6.64. The van der Waals surface area contributed by atoms with Crippen LogP contribution in [0.3, 0.4) is 0 Å². The number of rotatable bonds is 3. The van der Waals surface area contributed by atoms with Crippen molar-refractivity contribution in [1.29, 1.82) is 0 Å². The molecule has 31 heavy (non-hydrogen) atoms. The van der Waals surface area contributed by atoms with Gasteiger partial charge in [0.15, 0.2) is 0 Å². The van der Waals surface area contributed by atoms with E-state index in [2.05, 4.69) is 20.9 Å². The van der Waals surface area contributed by atoms with Crippen molar-refractivity contribution in [3.8, 4) is 11.1 Å². The molecule has 0 saturated heterocycles. The highest BCUT2D eigenvalue weighted by molar-refractivity contribution is 9.10. The molecule has 170 valence electrons. The zero-order chi connectivity index (χ0) is 24.2. The second kappa shape index (κ2) is 7.80. The summed E-state index contributed by atoms with van der Waals surface area (Å²) in [5.74, 6) is -1.40. The molecule has 1 amide bonds. The maximum absolute atomic E-state index is 14.3. The summed E-state index contributed by atoms with van der Waals surface area (Å²) in [7, 11) is 0. The Hall–Kier alpha value is -2.09. The summed E-state index contributed by atoms with van der Waals surface area (Å²) in [6, 6.07) is 0.931. The molecule has 3 nitrogen and oxygen atoms in total. The Labute approximate surface area is 179 Å². The normalized spacial score (nSPS) is 13.4. The van der Waals surface area contributed by atoms with Gasteiger partial charge in [-0.2, -0.15) is 39.5 Å².